The molecule has 29 heavy (non-hydrogen) atoms. The van der Waals surface area contributed by atoms with Crippen molar-refractivity contribution in [1.29, 1.82) is 0 Å². The van der Waals surface area contributed by atoms with Crippen molar-refractivity contribution >= 4 is 33.5 Å². The van der Waals surface area contributed by atoms with Crippen molar-refractivity contribution in [2.24, 2.45) is 4.99 Å². The molecule has 6 nitrogen and oxygen atoms in total. The van der Waals surface area contributed by atoms with E-state index in [0.29, 0.717) is 24.7 Å². The quantitative estimate of drug-likeness (QED) is 0.421. The molecule has 7 heteroatoms. The maximum Gasteiger partial charge on any atom is 0.257 e. The van der Waals surface area contributed by atoms with E-state index in [1.165, 1.54) is 0 Å². The number of carbonyl (C=O) groups excluding carboxylic acids is 1. The Morgan fingerprint density at radius 3 is 2.52 bits per heavy atom. The number of anilines is 1. The molecular weight excluding hydrogens is 432 g/mol. The zero-order chi connectivity index (χ0) is 20.5. The van der Waals surface area contributed by atoms with Gasteiger partial charge in [0.05, 0.1) is 13.2 Å². The molecular formula is C22H21BrN4O2. The van der Waals surface area contributed by atoms with Crippen LogP contribution in [0.1, 0.15) is 22.8 Å². The Hall–Kier alpha value is -3.19. The number of guanidine groups is 1. The number of aromatic nitrogens is 1. The Morgan fingerprint density at radius 2 is 1.86 bits per heavy atom. The summed E-state index contributed by atoms with van der Waals surface area (Å²) in [7, 11) is 0. The second-order valence-electron chi connectivity index (χ2n) is 6.07. The number of benzene rings is 2. The van der Waals surface area contributed by atoms with Gasteiger partial charge in [0.25, 0.3) is 5.91 Å². The molecule has 1 amide bonds. The van der Waals surface area contributed by atoms with Crippen LogP contribution in [0.2, 0.25) is 0 Å². The smallest absolute Gasteiger partial charge is 0.257 e. The van der Waals surface area contributed by atoms with Crippen LogP contribution < -0.4 is 15.4 Å². The maximum absolute atomic E-state index is 12.7. The molecule has 148 valence electrons. The molecule has 3 aromatic rings. The van der Waals surface area contributed by atoms with Gasteiger partial charge in [0, 0.05) is 28.1 Å². The zero-order valence-electron chi connectivity index (χ0n) is 15.9. The van der Waals surface area contributed by atoms with Crippen LogP contribution in [0.5, 0.6) is 5.75 Å². The van der Waals surface area contributed by atoms with Crippen molar-refractivity contribution in [1.82, 2.24) is 10.3 Å². The van der Waals surface area contributed by atoms with Crippen LogP contribution in [-0.2, 0) is 6.54 Å². The molecule has 0 radical (unpaired) electrons. The maximum atomic E-state index is 12.7. The lowest BCUT2D eigenvalue weighted by Gasteiger charge is -2.12. The lowest BCUT2D eigenvalue weighted by molar-refractivity contribution is 0.0977. The molecule has 0 aliphatic heterocycles. The van der Waals surface area contributed by atoms with E-state index in [9.17, 15) is 4.79 Å². The number of carbonyl (C=O) groups is 1. The van der Waals surface area contributed by atoms with E-state index < -0.39 is 0 Å². The Bertz CT molecular complexity index is 958. The summed E-state index contributed by atoms with van der Waals surface area (Å²) in [5, 5.41) is 6.01. The summed E-state index contributed by atoms with van der Waals surface area (Å²) in [6, 6.07) is 18.4. The number of nitrogens with one attached hydrogen (secondary N) is 2. The van der Waals surface area contributed by atoms with Gasteiger partial charge in [-0.1, -0.05) is 22.0 Å². The number of hydrogen-bond acceptors (Lipinski definition) is 4. The number of nitrogens with zero attached hydrogens (tertiary/aromatic N) is 2. The van der Waals surface area contributed by atoms with Crippen molar-refractivity contribution in [2.45, 2.75) is 13.5 Å². The second-order valence-corrected chi connectivity index (χ2v) is 6.99. The van der Waals surface area contributed by atoms with E-state index in [1.54, 1.807) is 36.7 Å². The third kappa shape index (κ3) is 6.43. The Balaban J connectivity index is 1.75. The van der Waals surface area contributed by atoms with E-state index in [4.69, 9.17) is 4.74 Å². The minimum atomic E-state index is -0.261. The van der Waals surface area contributed by atoms with E-state index in [2.05, 4.69) is 36.5 Å². The number of ether oxygens (including phenoxy) is 1. The molecule has 2 N–H and O–H groups in total. The van der Waals surface area contributed by atoms with Crippen molar-refractivity contribution in [3.05, 3.63) is 88.7 Å². The fraction of sp³-hybridized carbons (Fsp3) is 0.136. The average Bonchev–Trinajstić information content (AvgIpc) is 2.75. The Labute approximate surface area is 178 Å². The van der Waals surface area contributed by atoms with Gasteiger partial charge in [-0.15, -0.1) is 0 Å². The fourth-order valence-electron chi connectivity index (χ4n) is 2.49. The molecule has 0 saturated carbocycles. The zero-order valence-corrected chi connectivity index (χ0v) is 17.5. The second kappa shape index (κ2) is 10.4. The largest absolute Gasteiger partial charge is 0.494 e. The van der Waals surface area contributed by atoms with Gasteiger partial charge in [-0.05, 0) is 67.1 Å². The summed E-state index contributed by atoms with van der Waals surface area (Å²) >= 11 is 3.42. The van der Waals surface area contributed by atoms with Crippen LogP contribution >= 0.6 is 15.9 Å². The summed E-state index contributed by atoms with van der Waals surface area (Å²) in [6.07, 6.45) is 3.46. The molecule has 0 fully saturated rings. The van der Waals surface area contributed by atoms with Crippen molar-refractivity contribution in [3.8, 4) is 5.75 Å². The molecule has 0 atom stereocenters. The van der Waals surface area contributed by atoms with Crippen molar-refractivity contribution < 1.29 is 9.53 Å². The number of rotatable bonds is 6. The number of aliphatic imine (C=N–C) groups is 1. The predicted octanol–water partition coefficient (Wildman–Crippen LogP) is 4.64. The normalized spacial score (nSPS) is 11.0. The number of halogens is 1. The Morgan fingerprint density at radius 1 is 1.10 bits per heavy atom. The molecule has 1 heterocycles. The minimum Gasteiger partial charge on any atom is -0.494 e. The van der Waals surface area contributed by atoms with Gasteiger partial charge in [0.15, 0.2) is 0 Å². The van der Waals surface area contributed by atoms with Gasteiger partial charge in [-0.2, -0.15) is 0 Å². The minimum absolute atomic E-state index is 0.261. The monoisotopic (exact) mass is 452 g/mol. The van der Waals surface area contributed by atoms with Gasteiger partial charge >= 0.3 is 0 Å². The van der Waals surface area contributed by atoms with Crippen LogP contribution in [0, 0.1) is 0 Å². The summed E-state index contributed by atoms with van der Waals surface area (Å²) in [6.45, 7) is 2.88. The summed E-state index contributed by atoms with van der Waals surface area (Å²) < 4.78 is 6.39. The average molecular weight is 453 g/mol. The number of hydrogen-bond donors (Lipinski definition) is 2. The van der Waals surface area contributed by atoms with Crippen LogP contribution in [0.3, 0.4) is 0 Å². The number of amides is 1. The first-order chi connectivity index (χ1) is 14.1. The van der Waals surface area contributed by atoms with Gasteiger partial charge in [0.2, 0.25) is 5.96 Å². The van der Waals surface area contributed by atoms with Gasteiger partial charge < -0.3 is 10.1 Å². The highest BCUT2D eigenvalue weighted by molar-refractivity contribution is 9.10. The summed E-state index contributed by atoms with van der Waals surface area (Å²) in [5.74, 6) is 0.820. The standard InChI is InChI=1S/C22H21BrN4O2/c1-2-29-20-11-5-17(6-12-20)21(28)27-22(25-15-16-4-3-13-24-14-16)26-19-9-7-18(23)8-10-19/h3-14H,2,15H2,1H3,(H2,25,26,27,28). The van der Waals surface area contributed by atoms with Crippen LogP contribution in [0.15, 0.2) is 82.5 Å². The molecule has 0 spiro atoms. The van der Waals surface area contributed by atoms with Crippen molar-refractivity contribution in [2.75, 3.05) is 11.9 Å². The molecule has 0 aliphatic rings. The van der Waals surface area contributed by atoms with E-state index in [-0.39, 0.29) is 5.91 Å². The summed E-state index contributed by atoms with van der Waals surface area (Å²) in [5.41, 5.74) is 2.27. The third-order valence-electron chi connectivity index (χ3n) is 3.91. The van der Waals surface area contributed by atoms with E-state index >= 15 is 0 Å². The highest BCUT2D eigenvalue weighted by Gasteiger charge is 2.10. The number of pyridine rings is 1. The molecule has 0 bridgehead atoms. The van der Waals surface area contributed by atoms with Gasteiger partial charge in [-0.3, -0.25) is 15.1 Å². The van der Waals surface area contributed by atoms with Crippen LogP contribution in [-0.4, -0.2) is 23.5 Å². The molecule has 0 unspecified atom stereocenters. The van der Waals surface area contributed by atoms with Crippen molar-refractivity contribution in [3.63, 3.8) is 0 Å². The lowest BCUT2D eigenvalue weighted by atomic mass is 10.2. The topological polar surface area (TPSA) is 75.6 Å². The molecule has 2 aromatic carbocycles. The van der Waals surface area contributed by atoms with E-state index in [1.807, 2.05) is 43.3 Å². The first-order valence-corrected chi connectivity index (χ1v) is 9.93. The first kappa shape index (κ1) is 20.5. The van der Waals surface area contributed by atoms with Gasteiger partial charge in [0.1, 0.15) is 5.75 Å². The van der Waals surface area contributed by atoms with Crippen LogP contribution in [0.4, 0.5) is 5.69 Å². The summed E-state index contributed by atoms with van der Waals surface area (Å²) in [4.78, 5) is 21.3. The highest BCUT2D eigenvalue weighted by atomic mass is 79.9. The molecule has 0 aliphatic carbocycles. The first-order valence-electron chi connectivity index (χ1n) is 9.14. The SMILES string of the molecule is CCOc1ccc(C(=O)NC(=NCc2cccnc2)Nc2ccc(Br)cc2)cc1. The van der Waals surface area contributed by atoms with E-state index in [0.717, 1.165) is 21.5 Å². The fourth-order valence-corrected chi connectivity index (χ4v) is 2.76. The molecule has 1 aromatic heterocycles. The highest BCUT2D eigenvalue weighted by Crippen LogP contribution is 2.15. The third-order valence-corrected chi connectivity index (χ3v) is 4.44. The lowest BCUT2D eigenvalue weighted by Crippen LogP contribution is -2.36. The molecule has 0 saturated heterocycles. The van der Waals surface area contributed by atoms with Crippen LogP contribution in [0.25, 0.3) is 0 Å². The molecule has 3 rings (SSSR count). The predicted molar refractivity (Wildman–Crippen MR) is 118 cm³/mol. The van der Waals surface area contributed by atoms with Gasteiger partial charge in [-0.25, -0.2) is 4.99 Å². The Kier molecular flexibility index (Phi) is 7.35.